The van der Waals surface area contributed by atoms with Crippen LogP contribution in [0, 0.1) is 0 Å². The summed E-state index contributed by atoms with van der Waals surface area (Å²) in [6.07, 6.45) is 3.32. The highest BCUT2D eigenvalue weighted by molar-refractivity contribution is 5.92. The average Bonchev–Trinajstić information content (AvgIpc) is 2.66. The van der Waals surface area contributed by atoms with Gasteiger partial charge in [0.1, 0.15) is 0 Å². The Morgan fingerprint density at radius 1 is 1.08 bits per heavy atom. The number of benzene rings is 1. The van der Waals surface area contributed by atoms with Gasteiger partial charge in [-0.3, -0.25) is 14.5 Å². The fourth-order valence-electron chi connectivity index (χ4n) is 2.74. The zero-order valence-electron chi connectivity index (χ0n) is 15.6. The van der Waals surface area contributed by atoms with E-state index < -0.39 is 0 Å². The maximum absolute atomic E-state index is 12.4. The first kappa shape index (κ1) is 19.8. The lowest BCUT2D eigenvalue weighted by Gasteiger charge is -2.33. The molecule has 0 unspecified atom stereocenters. The molecule has 1 aromatic rings. The van der Waals surface area contributed by atoms with E-state index in [0.717, 1.165) is 5.56 Å². The number of rotatable bonds is 7. The normalized spacial score (nSPS) is 15.1. The predicted molar refractivity (Wildman–Crippen MR) is 98.2 cm³/mol. The van der Waals surface area contributed by atoms with E-state index in [1.54, 1.807) is 44.3 Å². The zero-order chi connectivity index (χ0) is 18.9. The van der Waals surface area contributed by atoms with Gasteiger partial charge < -0.3 is 19.1 Å². The summed E-state index contributed by atoms with van der Waals surface area (Å²) in [4.78, 5) is 27.6. The molecule has 0 spiro atoms. The second-order valence-electron chi connectivity index (χ2n) is 5.85. The molecule has 1 saturated heterocycles. The predicted octanol–water partition coefficient (Wildman–Crippen LogP) is 1.42. The molecule has 0 bridgehead atoms. The van der Waals surface area contributed by atoms with Crippen LogP contribution in [0.2, 0.25) is 0 Å². The van der Waals surface area contributed by atoms with Crippen molar-refractivity contribution in [3.05, 3.63) is 29.8 Å². The van der Waals surface area contributed by atoms with E-state index in [1.807, 2.05) is 17.0 Å². The molecule has 7 nitrogen and oxygen atoms in total. The first-order valence-corrected chi connectivity index (χ1v) is 8.64. The van der Waals surface area contributed by atoms with Gasteiger partial charge in [-0.05, 0) is 30.7 Å². The maximum atomic E-state index is 12.4. The van der Waals surface area contributed by atoms with E-state index in [4.69, 9.17) is 14.2 Å². The van der Waals surface area contributed by atoms with Gasteiger partial charge in [-0.15, -0.1) is 0 Å². The van der Waals surface area contributed by atoms with Crippen molar-refractivity contribution in [3.8, 4) is 11.5 Å². The van der Waals surface area contributed by atoms with Gasteiger partial charge in [-0.2, -0.15) is 0 Å². The Morgan fingerprint density at radius 3 is 2.38 bits per heavy atom. The molecule has 1 fully saturated rings. The Bertz CT molecular complexity index is 651. The minimum atomic E-state index is -0.222. The summed E-state index contributed by atoms with van der Waals surface area (Å²) >= 11 is 0. The maximum Gasteiger partial charge on any atom is 0.320 e. The number of ether oxygens (including phenoxy) is 3. The summed E-state index contributed by atoms with van der Waals surface area (Å²) < 4.78 is 15.4. The first-order chi connectivity index (χ1) is 12.6. The Morgan fingerprint density at radius 2 is 1.77 bits per heavy atom. The Hall–Kier alpha value is -2.54. The molecule has 26 heavy (non-hydrogen) atoms. The summed E-state index contributed by atoms with van der Waals surface area (Å²) in [5.41, 5.74) is 0.858. The van der Waals surface area contributed by atoms with Gasteiger partial charge in [0, 0.05) is 32.3 Å². The van der Waals surface area contributed by atoms with E-state index in [9.17, 15) is 9.59 Å². The van der Waals surface area contributed by atoms with Crippen LogP contribution in [-0.2, 0) is 14.3 Å². The van der Waals surface area contributed by atoms with Crippen molar-refractivity contribution in [2.75, 3.05) is 53.6 Å². The van der Waals surface area contributed by atoms with Gasteiger partial charge in [0.15, 0.2) is 11.5 Å². The van der Waals surface area contributed by atoms with E-state index in [2.05, 4.69) is 0 Å². The van der Waals surface area contributed by atoms with Crippen LogP contribution >= 0.6 is 0 Å². The van der Waals surface area contributed by atoms with Crippen molar-refractivity contribution in [2.45, 2.75) is 6.92 Å². The SMILES string of the molecule is CCOC(=O)CN1CCN(C(=O)/C=C/c2ccc(OC)c(OC)c2)CC1. The molecule has 1 aromatic carbocycles. The second-order valence-corrected chi connectivity index (χ2v) is 5.85. The van der Waals surface area contributed by atoms with Crippen LogP contribution in [0.25, 0.3) is 6.08 Å². The van der Waals surface area contributed by atoms with Crippen molar-refractivity contribution in [3.63, 3.8) is 0 Å². The van der Waals surface area contributed by atoms with Crippen molar-refractivity contribution < 1.29 is 23.8 Å². The molecule has 1 aliphatic rings. The summed E-state index contributed by atoms with van der Waals surface area (Å²) in [5, 5.41) is 0. The van der Waals surface area contributed by atoms with Gasteiger partial charge in [0.2, 0.25) is 5.91 Å². The van der Waals surface area contributed by atoms with Gasteiger partial charge >= 0.3 is 5.97 Å². The van der Waals surface area contributed by atoms with E-state index in [-0.39, 0.29) is 18.4 Å². The number of carbonyl (C=O) groups is 2. The Labute approximate surface area is 154 Å². The van der Waals surface area contributed by atoms with Crippen LogP contribution in [0.15, 0.2) is 24.3 Å². The summed E-state index contributed by atoms with van der Waals surface area (Å²) in [5.74, 6) is 1.000. The molecule has 0 aliphatic carbocycles. The molecule has 142 valence electrons. The minimum absolute atomic E-state index is 0.0458. The van der Waals surface area contributed by atoms with E-state index in [1.165, 1.54) is 0 Å². The van der Waals surface area contributed by atoms with Crippen LogP contribution in [0.5, 0.6) is 11.5 Å². The van der Waals surface area contributed by atoms with Crippen LogP contribution in [0.3, 0.4) is 0 Å². The molecular weight excluding hydrogens is 336 g/mol. The number of hydrogen-bond acceptors (Lipinski definition) is 6. The highest BCUT2D eigenvalue weighted by atomic mass is 16.5. The van der Waals surface area contributed by atoms with Gasteiger partial charge in [0.05, 0.1) is 27.4 Å². The Balaban J connectivity index is 1.87. The highest BCUT2D eigenvalue weighted by Crippen LogP contribution is 2.27. The van der Waals surface area contributed by atoms with Crippen molar-refractivity contribution in [2.24, 2.45) is 0 Å². The lowest BCUT2D eigenvalue weighted by atomic mass is 10.2. The molecule has 0 N–H and O–H groups in total. The third-order valence-electron chi connectivity index (χ3n) is 4.17. The summed E-state index contributed by atoms with van der Waals surface area (Å²) in [7, 11) is 3.16. The summed E-state index contributed by atoms with van der Waals surface area (Å²) in [6, 6.07) is 5.49. The van der Waals surface area contributed by atoms with E-state index in [0.29, 0.717) is 44.3 Å². The number of amides is 1. The van der Waals surface area contributed by atoms with Crippen molar-refractivity contribution in [1.29, 1.82) is 0 Å². The van der Waals surface area contributed by atoms with Crippen LogP contribution in [-0.4, -0.2) is 75.2 Å². The average molecular weight is 362 g/mol. The number of nitrogens with zero attached hydrogens (tertiary/aromatic N) is 2. The number of methoxy groups -OCH3 is 2. The lowest BCUT2D eigenvalue weighted by Crippen LogP contribution is -2.49. The molecule has 0 aromatic heterocycles. The second kappa shape index (κ2) is 9.82. The van der Waals surface area contributed by atoms with Gasteiger partial charge in [-0.25, -0.2) is 0 Å². The van der Waals surface area contributed by atoms with E-state index >= 15 is 0 Å². The van der Waals surface area contributed by atoms with Crippen LogP contribution < -0.4 is 9.47 Å². The molecular formula is C19H26N2O5. The largest absolute Gasteiger partial charge is 0.493 e. The van der Waals surface area contributed by atoms with Crippen molar-refractivity contribution >= 4 is 18.0 Å². The smallest absolute Gasteiger partial charge is 0.320 e. The highest BCUT2D eigenvalue weighted by Gasteiger charge is 2.21. The number of piperazine rings is 1. The zero-order valence-corrected chi connectivity index (χ0v) is 15.6. The fourth-order valence-corrected chi connectivity index (χ4v) is 2.74. The molecule has 0 radical (unpaired) electrons. The molecule has 0 saturated carbocycles. The number of hydrogen-bond donors (Lipinski definition) is 0. The van der Waals surface area contributed by atoms with Crippen molar-refractivity contribution in [1.82, 2.24) is 9.80 Å². The van der Waals surface area contributed by atoms with Crippen LogP contribution in [0.1, 0.15) is 12.5 Å². The first-order valence-electron chi connectivity index (χ1n) is 8.64. The molecule has 1 aliphatic heterocycles. The Kier molecular flexibility index (Phi) is 7.47. The third-order valence-corrected chi connectivity index (χ3v) is 4.17. The molecule has 1 amide bonds. The topological polar surface area (TPSA) is 68.3 Å². The molecule has 0 atom stereocenters. The number of esters is 1. The standard InChI is InChI=1S/C19H26N2O5/c1-4-26-19(23)14-20-9-11-21(12-10-20)18(22)8-6-15-5-7-16(24-2)17(13-15)25-3/h5-8,13H,4,9-12,14H2,1-3H3/b8-6+. The number of carbonyl (C=O) groups excluding carboxylic acids is 2. The molecule has 2 rings (SSSR count). The monoisotopic (exact) mass is 362 g/mol. The molecule has 1 heterocycles. The third kappa shape index (κ3) is 5.49. The van der Waals surface area contributed by atoms with Gasteiger partial charge in [0.25, 0.3) is 0 Å². The van der Waals surface area contributed by atoms with Crippen LogP contribution in [0.4, 0.5) is 0 Å². The fraction of sp³-hybridized carbons (Fsp3) is 0.474. The lowest BCUT2D eigenvalue weighted by molar-refractivity contribution is -0.145. The quantitative estimate of drug-likeness (QED) is 0.540. The molecule has 7 heteroatoms. The minimum Gasteiger partial charge on any atom is -0.493 e. The summed E-state index contributed by atoms with van der Waals surface area (Å²) in [6.45, 7) is 4.96. The van der Waals surface area contributed by atoms with Gasteiger partial charge in [-0.1, -0.05) is 6.07 Å².